The van der Waals surface area contributed by atoms with Crippen molar-refractivity contribution in [2.45, 2.75) is 6.92 Å². The van der Waals surface area contributed by atoms with Gasteiger partial charge in [-0.1, -0.05) is 18.2 Å². The van der Waals surface area contributed by atoms with E-state index in [1.807, 2.05) is 25.1 Å². The maximum absolute atomic E-state index is 10.7. The van der Waals surface area contributed by atoms with Crippen molar-refractivity contribution in [1.82, 2.24) is 0 Å². The molecule has 3 heteroatoms. The van der Waals surface area contributed by atoms with E-state index in [1.165, 1.54) is 11.3 Å². The van der Waals surface area contributed by atoms with Crippen molar-refractivity contribution < 1.29 is 4.79 Å². The second-order valence-corrected chi connectivity index (χ2v) is 3.99. The van der Waals surface area contributed by atoms with Crippen LogP contribution in [0.3, 0.4) is 0 Å². The van der Waals surface area contributed by atoms with Crippen molar-refractivity contribution in [3.05, 3.63) is 29.3 Å². The van der Waals surface area contributed by atoms with Gasteiger partial charge in [-0.25, -0.2) is 0 Å². The molecule has 13 heavy (non-hydrogen) atoms. The van der Waals surface area contributed by atoms with Gasteiger partial charge in [0.2, 0.25) is 0 Å². The summed E-state index contributed by atoms with van der Waals surface area (Å²) < 4.78 is 0.993. The Morgan fingerprint density at radius 2 is 2.23 bits per heavy atom. The molecule has 0 aliphatic carbocycles. The Balaban J connectivity index is 2.92. The average molecular weight is 191 g/mol. The van der Waals surface area contributed by atoms with Gasteiger partial charge in [0.05, 0.1) is 5.00 Å². The predicted molar refractivity (Wildman–Crippen MR) is 56.4 cm³/mol. The first-order valence-corrected chi connectivity index (χ1v) is 4.78. The molecular formula is C10H9NOS. The standard InChI is InChI=1S/C10H9NOS/c1-6-8-4-2-3-7(5-12)9(8)13-10(6)11/h2-5H,11H2,1H3. The quantitative estimate of drug-likeness (QED) is 0.704. The molecule has 2 nitrogen and oxygen atoms in total. The second kappa shape index (κ2) is 2.85. The number of anilines is 1. The summed E-state index contributed by atoms with van der Waals surface area (Å²) in [6.07, 6.45) is 0.873. The van der Waals surface area contributed by atoms with E-state index in [1.54, 1.807) is 0 Å². The number of thiophene rings is 1. The molecule has 0 unspecified atom stereocenters. The molecule has 1 aromatic heterocycles. The van der Waals surface area contributed by atoms with Gasteiger partial charge in [0.15, 0.2) is 6.29 Å². The molecule has 0 saturated carbocycles. The second-order valence-electron chi connectivity index (χ2n) is 2.93. The van der Waals surface area contributed by atoms with Gasteiger partial charge in [-0.15, -0.1) is 11.3 Å². The number of rotatable bonds is 1. The smallest absolute Gasteiger partial charge is 0.151 e. The SMILES string of the molecule is Cc1c(N)sc2c(C=O)cccc12. The minimum absolute atomic E-state index is 0.724. The summed E-state index contributed by atoms with van der Waals surface area (Å²) in [5, 5.41) is 1.89. The first-order chi connectivity index (χ1) is 6.24. The van der Waals surface area contributed by atoms with E-state index >= 15 is 0 Å². The van der Waals surface area contributed by atoms with Crippen LogP contribution in [0.1, 0.15) is 15.9 Å². The van der Waals surface area contributed by atoms with Crippen LogP contribution in [0.5, 0.6) is 0 Å². The summed E-state index contributed by atoms with van der Waals surface area (Å²) in [5.74, 6) is 0. The zero-order valence-corrected chi connectivity index (χ0v) is 8.02. The highest BCUT2D eigenvalue weighted by Crippen LogP contribution is 2.34. The Kier molecular flexibility index (Phi) is 1.81. The number of aryl methyl sites for hydroxylation is 1. The molecule has 0 bridgehead atoms. The van der Waals surface area contributed by atoms with Crippen LogP contribution in [-0.2, 0) is 0 Å². The van der Waals surface area contributed by atoms with E-state index in [0.29, 0.717) is 0 Å². The van der Waals surface area contributed by atoms with E-state index < -0.39 is 0 Å². The van der Waals surface area contributed by atoms with Crippen LogP contribution in [0, 0.1) is 6.92 Å². The number of fused-ring (bicyclic) bond motifs is 1. The number of carbonyl (C=O) groups is 1. The summed E-state index contributed by atoms with van der Waals surface area (Å²) in [4.78, 5) is 10.7. The molecule has 2 rings (SSSR count). The Bertz CT molecular complexity index is 473. The summed E-state index contributed by atoms with van der Waals surface area (Å²) in [5.41, 5.74) is 7.58. The molecule has 0 fully saturated rings. The average Bonchev–Trinajstić information content (AvgIpc) is 2.43. The number of benzene rings is 1. The lowest BCUT2D eigenvalue weighted by Gasteiger charge is -1.93. The van der Waals surface area contributed by atoms with Crippen molar-refractivity contribution in [2.24, 2.45) is 0 Å². The number of hydrogen-bond acceptors (Lipinski definition) is 3. The highest BCUT2D eigenvalue weighted by atomic mass is 32.1. The van der Waals surface area contributed by atoms with Crippen LogP contribution in [-0.4, -0.2) is 6.29 Å². The lowest BCUT2D eigenvalue weighted by atomic mass is 10.1. The molecule has 0 radical (unpaired) electrons. The number of aldehydes is 1. The normalized spacial score (nSPS) is 10.5. The van der Waals surface area contributed by atoms with Gasteiger partial charge in [0, 0.05) is 10.3 Å². The zero-order chi connectivity index (χ0) is 9.42. The van der Waals surface area contributed by atoms with E-state index in [4.69, 9.17) is 5.73 Å². The lowest BCUT2D eigenvalue weighted by Crippen LogP contribution is -1.80. The van der Waals surface area contributed by atoms with Gasteiger partial charge in [0.25, 0.3) is 0 Å². The number of hydrogen-bond donors (Lipinski definition) is 1. The molecule has 0 atom stereocenters. The monoisotopic (exact) mass is 191 g/mol. The Morgan fingerprint density at radius 3 is 2.92 bits per heavy atom. The summed E-state index contributed by atoms with van der Waals surface area (Å²) in [6.45, 7) is 1.97. The Morgan fingerprint density at radius 1 is 1.46 bits per heavy atom. The highest BCUT2D eigenvalue weighted by Gasteiger charge is 2.07. The van der Waals surface area contributed by atoms with Crippen molar-refractivity contribution >= 4 is 32.7 Å². The largest absolute Gasteiger partial charge is 0.390 e. The molecule has 0 saturated heterocycles. The van der Waals surface area contributed by atoms with Gasteiger partial charge in [-0.3, -0.25) is 4.79 Å². The fraction of sp³-hybridized carbons (Fsp3) is 0.100. The molecule has 1 heterocycles. The van der Waals surface area contributed by atoms with Gasteiger partial charge in [-0.2, -0.15) is 0 Å². The number of nitrogen functional groups attached to an aromatic ring is 1. The van der Waals surface area contributed by atoms with Crippen LogP contribution in [0.2, 0.25) is 0 Å². The molecular weight excluding hydrogens is 182 g/mol. The summed E-state index contributed by atoms with van der Waals surface area (Å²) in [6, 6.07) is 5.68. The van der Waals surface area contributed by atoms with Crippen molar-refractivity contribution in [1.29, 1.82) is 0 Å². The fourth-order valence-electron chi connectivity index (χ4n) is 1.38. The Labute approximate surface area is 80.0 Å². The van der Waals surface area contributed by atoms with Crippen molar-refractivity contribution in [3.8, 4) is 0 Å². The van der Waals surface area contributed by atoms with Gasteiger partial charge in [0.1, 0.15) is 0 Å². The van der Waals surface area contributed by atoms with Crippen LogP contribution < -0.4 is 5.73 Å². The van der Waals surface area contributed by atoms with Crippen LogP contribution in [0.4, 0.5) is 5.00 Å². The molecule has 0 amide bonds. The third-order valence-corrected chi connectivity index (χ3v) is 3.34. The molecule has 2 N–H and O–H groups in total. The zero-order valence-electron chi connectivity index (χ0n) is 7.20. The topological polar surface area (TPSA) is 43.1 Å². The lowest BCUT2D eigenvalue weighted by molar-refractivity contribution is 0.112. The maximum Gasteiger partial charge on any atom is 0.151 e. The van der Waals surface area contributed by atoms with E-state index in [9.17, 15) is 4.79 Å². The maximum atomic E-state index is 10.7. The predicted octanol–water partition coefficient (Wildman–Crippen LogP) is 2.60. The summed E-state index contributed by atoms with van der Waals surface area (Å²) >= 11 is 1.48. The van der Waals surface area contributed by atoms with Crippen LogP contribution in [0.25, 0.3) is 10.1 Å². The molecule has 0 aliphatic rings. The first kappa shape index (κ1) is 8.26. The number of nitrogens with two attached hydrogens (primary N) is 1. The fourth-order valence-corrected chi connectivity index (χ4v) is 2.42. The molecule has 0 spiro atoms. The van der Waals surface area contributed by atoms with Crippen LogP contribution >= 0.6 is 11.3 Å². The molecule has 2 aromatic rings. The van der Waals surface area contributed by atoms with Crippen molar-refractivity contribution in [3.63, 3.8) is 0 Å². The molecule has 66 valence electrons. The van der Waals surface area contributed by atoms with E-state index in [0.717, 1.165) is 32.5 Å². The van der Waals surface area contributed by atoms with E-state index in [2.05, 4.69) is 0 Å². The third-order valence-electron chi connectivity index (χ3n) is 2.16. The highest BCUT2D eigenvalue weighted by molar-refractivity contribution is 7.23. The summed E-state index contributed by atoms with van der Waals surface area (Å²) in [7, 11) is 0. The van der Waals surface area contributed by atoms with Crippen molar-refractivity contribution in [2.75, 3.05) is 5.73 Å². The van der Waals surface area contributed by atoms with E-state index in [-0.39, 0.29) is 0 Å². The van der Waals surface area contributed by atoms with Gasteiger partial charge in [-0.05, 0) is 17.9 Å². The first-order valence-electron chi connectivity index (χ1n) is 3.97. The van der Waals surface area contributed by atoms with Gasteiger partial charge >= 0.3 is 0 Å². The molecule has 0 aliphatic heterocycles. The minimum atomic E-state index is 0.724. The number of carbonyl (C=O) groups excluding carboxylic acids is 1. The third kappa shape index (κ3) is 1.12. The van der Waals surface area contributed by atoms with Crippen LogP contribution in [0.15, 0.2) is 18.2 Å². The minimum Gasteiger partial charge on any atom is -0.390 e. The molecule has 1 aromatic carbocycles. The van der Waals surface area contributed by atoms with Gasteiger partial charge < -0.3 is 5.73 Å². The Hall–Kier alpha value is -1.35.